The van der Waals surface area contributed by atoms with E-state index in [1.54, 1.807) is 0 Å². The maximum atomic E-state index is 11.5. The second-order valence-corrected chi connectivity index (χ2v) is 4.13. The van der Waals surface area contributed by atoms with E-state index in [0.717, 1.165) is 12.5 Å². The maximum absolute atomic E-state index is 11.5. The Morgan fingerprint density at radius 3 is 2.62 bits per heavy atom. The van der Waals surface area contributed by atoms with E-state index in [1.807, 2.05) is 6.92 Å². The van der Waals surface area contributed by atoms with Gasteiger partial charge >= 0.3 is 5.97 Å². The van der Waals surface area contributed by atoms with Gasteiger partial charge in [0.2, 0.25) is 5.91 Å². The predicted molar refractivity (Wildman–Crippen MR) is 59.8 cm³/mol. The largest absolute Gasteiger partial charge is 0.467 e. The molecule has 0 bridgehead atoms. The molecule has 1 fully saturated rings. The molecular formula is C11H20N2O3. The Kier molecular flexibility index (Phi) is 5.25. The fraction of sp³-hybridized carbons (Fsp3) is 0.818. The number of amides is 1. The lowest BCUT2D eigenvalue weighted by molar-refractivity contribution is -0.145. The third-order valence-electron chi connectivity index (χ3n) is 2.64. The van der Waals surface area contributed by atoms with Crippen LogP contribution in [0.5, 0.6) is 0 Å². The Bertz CT molecular complexity index is 252. The Labute approximate surface area is 95.9 Å². The highest BCUT2D eigenvalue weighted by Gasteiger charge is 2.22. The zero-order valence-corrected chi connectivity index (χ0v) is 9.91. The molecule has 5 nitrogen and oxygen atoms in total. The van der Waals surface area contributed by atoms with Crippen LogP contribution >= 0.6 is 0 Å². The average molecular weight is 228 g/mol. The van der Waals surface area contributed by atoms with Crippen molar-refractivity contribution >= 4 is 11.9 Å². The molecule has 1 rings (SSSR count). The van der Waals surface area contributed by atoms with Crippen LogP contribution < -0.4 is 10.6 Å². The van der Waals surface area contributed by atoms with Crippen molar-refractivity contribution < 1.29 is 14.3 Å². The molecule has 0 saturated heterocycles. The summed E-state index contributed by atoms with van der Waals surface area (Å²) in [4.78, 5) is 22.7. The first-order valence-corrected chi connectivity index (χ1v) is 5.75. The van der Waals surface area contributed by atoms with Crippen molar-refractivity contribution in [3.8, 4) is 0 Å². The quantitative estimate of drug-likeness (QED) is 0.604. The molecule has 0 aromatic rings. The number of rotatable bonds is 7. The van der Waals surface area contributed by atoms with Gasteiger partial charge in [0, 0.05) is 0 Å². The molecule has 1 unspecified atom stereocenters. The van der Waals surface area contributed by atoms with Crippen molar-refractivity contribution in [1.29, 1.82) is 0 Å². The lowest BCUT2D eigenvalue weighted by Gasteiger charge is -2.14. The summed E-state index contributed by atoms with van der Waals surface area (Å²) in [6.45, 7) is 2.99. The Balaban J connectivity index is 2.16. The van der Waals surface area contributed by atoms with Gasteiger partial charge in [0.05, 0.1) is 13.7 Å². The number of hydrogen-bond acceptors (Lipinski definition) is 4. The molecule has 5 heteroatoms. The van der Waals surface area contributed by atoms with Crippen LogP contribution in [0.25, 0.3) is 0 Å². The summed E-state index contributed by atoms with van der Waals surface area (Å²) in [5.41, 5.74) is 0. The van der Waals surface area contributed by atoms with E-state index < -0.39 is 12.0 Å². The van der Waals surface area contributed by atoms with Gasteiger partial charge in [-0.05, 0) is 31.7 Å². The molecule has 0 aliphatic heterocycles. The first-order chi connectivity index (χ1) is 7.67. The SMILES string of the molecule is CCC(NC(=O)CNCC1CC1)C(=O)OC. The molecule has 1 saturated carbocycles. The van der Waals surface area contributed by atoms with Gasteiger partial charge < -0.3 is 15.4 Å². The third kappa shape index (κ3) is 4.61. The van der Waals surface area contributed by atoms with E-state index in [4.69, 9.17) is 0 Å². The molecule has 1 amide bonds. The summed E-state index contributed by atoms with van der Waals surface area (Å²) in [6, 6.07) is -0.528. The van der Waals surface area contributed by atoms with E-state index in [0.29, 0.717) is 6.42 Å². The number of methoxy groups -OCH3 is 1. The summed E-state index contributed by atoms with van der Waals surface area (Å²) < 4.78 is 4.58. The van der Waals surface area contributed by atoms with Gasteiger partial charge in [-0.25, -0.2) is 4.79 Å². The number of hydrogen-bond donors (Lipinski definition) is 2. The van der Waals surface area contributed by atoms with Gasteiger partial charge in [0.15, 0.2) is 0 Å². The van der Waals surface area contributed by atoms with E-state index in [1.165, 1.54) is 20.0 Å². The summed E-state index contributed by atoms with van der Waals surface area (Å²) >= 11 is 0. The first-order valence-electron chi connectivity index (χ1n) is 5.75. The minimum atomic E-state index is -0.528. The average Bonchev–Trinajstić information content (AvgIpc) is 3.08. The molecule has 1 aliphatic carbocycles. The van der Waals surface area contributed by atoms with Crippen LogP contribution in [0, 0.1) is 5.92 Å². The lowest BCUT2D eigenvalue weighted by Crippen LogP contribution is -2.44. The van der Waals surface area contributed by atoms with Gasteiger partial charge in [-0.15, -0.1) is 0 Å². The van der Waals surface area contributed by atoms with E-state index in [9.17, 15) is 9.59 Å². The minimum absolute atomic E-state index is 0.155. The molecule has 0 aromatic heterocycles. The van der Waals surface area contributed by atoms with Gasteiger partial charge in [-0.1, -0.05) is 6.92 Å². The van der Waals surface area contributed by atoms with Crippen molar-refractivity contribution in [3.05, 3.63) is 0 Å². The van der Waals surface area contributed by atoms with Gasteiger partial charge in [-0.3, -0.25) is 4.79 Å². The number of carbonyl (C=O) groups excluding carboxylic acids is 2. The van der Waals surface area contributed by atoms with E-state index >= 15 is 0 Å². The molecule has 0 aromatic carbocycles. The molecule has 0 spiro atoms. The highest BCUT2D eigenvalue weighted by atomic mass is 16.5. The minimum Gasteiger partial charge on any atom is -0.467 e. The number of ether oxygens (including phenoxy) is 1. The van der Waals surface area contributed by atoms with E-state index in [-0.39, 0.29) is 12.5 Å². The van der Waals surface area contributed by atoms with Crippen molar-refractivity contribution in [2.75, 3.05) is 20.2 Å². The Morgan fingerprint density at radius 2 is 2.12 bits per heavy atom. The summed E-state index contributed by atoms with van der Waals surface area (Å²) in [5, 5.41) is 5.70. The standard InChI is InChI=1S/C11H20N2O3/c1-3-9(11(15)16-2)13-10(14)7-12-6-8-4-5-8/h8-9,12H,3-7H2,1-2H3,(H,13,14). The molecule has 92 valence electrons. The molecule has 0 heterocycles. The van der Waals surface area contributed by atoms with Crippen molar-refractivity contribution in [1.82, 2.24) is 10.6 Å². The van der Waals surface area contributed by atoms with Gasteiger partial charge in [0.25, 0.3) is 0 Å². The first kappa shape index (κ1) is 13.0. The summed E-state index contributed by atoms with van der Waals surface area (Å²) in [6.07, 6.45) is 3.06. The van der Waals surface area contributed by atoms with Crippen LogP contribution in [0.15, 0.2) is 0 Å². The highest BCUT2D eigenvalue weighted by molar-refractivity contribution is 5.85. The fourth-order valence-electron chi connectivity index (χ4n) is 1.43. The van der Waals surface area contributed by atoms with Crippen molar-refractivity contribution in [2.45, 2.75) is 32.2 Å². The van der Waals surface area contributed by atoms with Crippen LogP contribution in [0.4, 0.5) is 0 Å². The van der Waals surface area contributed by atoms with E-state index in [2.05, 4.69) is 15.4 Å². The maximum Gasteiger partial charge on any atom is 0.328 e. The Hall–Kier alpha value is -1.10. The van der Waals surface area contributed by atoms with Crippen LogP contribution in [0.2, 0.25) is 0 Å². The predicted octanol–water partition coefficient (Wildman–Crippen LogP) is 0.0538. The van der Waals surface area contributed by atoms with Crippen LogP contribution in [-0.4, -0.2) is 38.1 Å². The topological polar surface area (TPSA) is 67.4 Å². The van der Waals surface area contributed by atoms with Crippen LogP contribution in [-0.2, 0) is 14.3 Å². The molecule has 2 N–H and O–H groups in total. The zero-order valence-electron chi connectivity index (χ0n) is 9.91. The van der Waals surface area contributed by atoms with Gasteiger partial charge in [0.1, 0.15) is 6.04 Å². The summed E-state index contributed by atoms with van der Waals surface area (Å²) in [5.74, 6) is 0.200. The molecule has 0 radical (unpaired) electrons. The zero-order chi connectivity index (χ0) is 12.0. The molecule has 1 aliphatic rings. The second-order valence-electron chi connectivity index (χ2n) is 4.13. The third-order valence-corrected chi connectivity index (χ3v) is 2.64. The Morgan fingerprint density at radius 1 is 1.44 bits per heavy atom. The lowest BCUT2D eigenvalue weighted by atomic mass is 10.2. The van der Waals surface area contributed by atoms with Crippen molar-refractivity contribution in [3.63, 3.8) is 0 Å². The molecule has 1 atom stereocenters. The fourth-order valence-corrected chi connectivity index (χ4v) is 1.43. The smallest absolute Gasteiger partial charge is 0.328 e. The summed E-state index contributed by atoms with van der Waals surface area (Å²) in [7, 11) is 1.32. The highest BCUT2D eigenvalue weighted by Crippen LogP contribution is 2.27. The van der Waals surface area contributed by atoms with Crippen LogP contribution in [0.3, 0.4) is 0 Å². The molecule has 16 heavy (non-hydrogen) atoms. The van der Waals surface area contributed by atoms with Crippen molar-refractivity contribution in [2.24, 2.45) is 5.92 Å². The monoisotopic (exact) mass is 228 g/mol. The second kappa shape index (κ2) is 6.48. The number of esters is 1. The van der Waals surface area contributed by atoms with Gasteiger partial charge in [-0.2, -0.15) is 0 Å². The number of nitrogens with one attached hydrogen (secondary N) is 2. The number of carbonyl (C=O) groups is 2. The van der Waals surface area contributed by atoms with Crippen LogP contribution in [0.1, 0.15) is 26.2 Å². The molecular weight excluding hydrogens is 208 g/mol. The normalized spacial score (nSPS) is 16.6.